The van der Waals surface area contributed by atoms with E-state index in [1.165, 1.54) is 27.6 Å². The molecule has 0 saturated carbocycles. The van der Waals surface area contributed by atoms with Gasteiger partial charge in [0.05, 0.1) is 0 Å². The highest BCUT2D eigenvalue weighted by molar-refractivity contribution is 5.95. The van der Waals surface area contributed by atoms with Crippen LogP contribution in [-0.2, 0) is 17.6 Å². The minimum atomic E-state index is -0.192. The molecule has 24 heavy (non-hydrogen) atoms. The zero-order valence-corrected chi connectivity index (χ0v) is 13.2. The molecule has 2 N–H and O–H groups in total. The minimum absolute atomic E-state index is 0.192. The molecule has 0 amide bonds. The van der Waals surface area contributed by atoms with Crippen molar-refractivity contribution < 1.29 is 4.74 Å². The third-order valence-electron chi connectivity index (χ3n) is 5.06. The van der Waals surface area contributed by atoms with Crippen LogP contribution in [0, 0.1) is 0 Å². The SMILES string of the molecule is NC1=NC2(CO1)Cc1ccc(-c3cncc4ccccc34)cc1C2. The smallest absolute Gasteiger partial charge is 0.282 e. The number of fused-ring (bicyclic) bond motifs is 2. The summed E-state index contributed by atoms with van der Waals surface area (Å²) in [5, 5.41) is 2.39. The van der Waals surface area contributed by atoms with Crippen LogP contribution in [0.2, 0.25) is 0 Å². The fourth-order valence-electron chi connectivity index (χ4n) is 3.94. The average Bonchev–Trinajstić information content (AvgIpc) is 3.15. The summed E-state index contributed by atoms with van der Waals surface area (Å²) in [6.45, 7) is 0.582. The molecule has 2 aromatic carbocycles. The number of nitrogens with two attached hydrogens (primary N) is 1. The number of amidine groups is 1. The van der Waals surface area contributed by atoms with Crippen LogP contribution in [0.5, 0.6) is 0 Å². The van der Waals surface area contributed by atoms with Crippen molar-refractivity contribution in [3.05, 3.63) is 66.0 Å². The van der Waals surface area contributed by atoms with Gasteiger partial charge in [-0.3, -0.25) is 4.98 Å². The summed E-state index contributed by atoms with van der Waals surface area (Å²) in [4.78, 5) is 8.95. The van der Waals surface area contributed by atoms with Crippen LogP contribution in [0.1, 0.15) is 11.1 Å². The first-order valence-electron chi connectivity index (χ1n) is 8.16. The molecule has 1 spiro atoms. The number of nitrogens with zero attached hydrogens (tertiary/aromatic N) is 2. The van der Waals surface area contributed by atoms with Gasteiger partial charge in [0.2, 0.25) is 0 Å². The Morgan fingerprint density at radius 2 is 1.88 bits per heavy atom. The molecule has 1 aliphatic carbocycles. The number of hydrogen-bond acceptors (Lipinski definition) is 4. The van der Waals surface area contributed by atoms with Crippen LogP contribution in [0.3, 0.4) is 0 Å². The van der Waals surface area contributed by atoms with Gasteiger partial charge in [0.15, 0.2) is 0 Å². The predicted octanol–water partition coefficient (Wildman–Crippen LogP) is 3.08. The second-order valence-corrected chi connectivity index (χ2v) is 6.71. The molecule has 1 atom stereocenters. The van der Waals surface area contributed by atoms with Gasteiger partial charge in [-0.05, 0) is 22.1 Å². The van der Waals surface area contributed by atoms with E-state index >= 15 is 0 Å². The van der Waals surface area contributed by atoms with E-state index in [9.17, 15) is 0 Å². The van der Waals surface area contributed by atoms with Crippen LogP contribution >= 0.6 is 0 Å². The van der Waals surface area contributed by atoms with Gasteiger partial charge in [0, 0.05) is 36.2 Å². The highest BCUT2D eigenvalue weighted by Crippen LogP contribution is 2.38. The van der Waals surface area contributed by atoms with E-state index in [2.05, 4.69) is 46.4 Å². The number of rotatable bonds is 1. The molecule has 1 aliphatic heterocycles. The maximum atomic E-state index is 5.73. The molecule has 0 radical (unpaired) electrons. The minimum Gasteiger partial charge on any atom is -0.463 e. The zero-order valence-electron chi connectivity index (χ0n) is 13.2. The van der Waals surface area contributed by atoms with Gasteiger partial charge in [0.25, 0.3) is 6.02 Å². The van der Waals surface area contributed by atoms with Crippen LogP contribution in [0.25, 0.3) is 21.9 Å². The van der Waals surface area contributed by atoms with E-state index in [4.69, 9.17) is 10.5 Å². The van der Waals surface area contributed by atoms with Gasteiger partial charge in [-0.1, -0.05) is 42.5 Å². The quantitative estimate of drug-likeness (QED) is 0.750. The van der Waals surface area contributed by atoms with Crippen molar-refractivity contribution in [2.24, 2.45) is 10.7 Å². The highest BCUT2D eigenvalue weighted by Gasteiger charge is 2.41. The summed E-state index contributed by atoms with van der Waals surface area (Å²) in [6, 6.07) is 15.4. The monoisotopic (exact) mass is 315 g/mol. The third kappa shape index (κ3) is 1.99. The first-order valence-corrected chi connectivity index (χ1v) is 8.16. The van der Waals surface area contributed by atoms with Crippen molar-refractivity contribution in [3.63, 3.8) is 0 Å². The first-order chi connectivity index (χ1) is 11.7. The highest BCUT2D eigenvalue weighted by atomic mass is 16.5. The van der Waals surface area contributed by atoms with E-state index in [-0.39, 0.29) is 5.54 Å². The second-order valence-electron chi connectivity index (χ2n) is 6.71. The van der Waals surface area contributed by atoms with E-state index in [1.807, 2.05) is 18.5 Å². The molecule has 1 unspecified atom stereocenters. The third-order valence-corrected chi connectivity index (χ3v) is 5.06. The number of pyridine rings is 1. The second kappa shape index (κ2) is 4.81. The Balaban J connectivity index is 1.60. The Bertz CT molecular complexity index is 990. The Labute approximate surface area is 140 Å². The van der Waals surface area contributed by atoms with Crippen LogP contribution in [0.15, 0.2) is 59.9 Å². The topological polar surface area (TPSA) is 60.5 Å². The van der Waals surface area contributed by atoms with Gasteiger partial charge < -0.3 is 10.5 Å². The Kier molecular flexibility index (Phi) is 2.71. The molecule has 4 heteroatoms. The molecule has 0 saturated heterocycles. The number of benzene rings is 2. The molecule has 0 fully saturated rings. The molecule has 118 valence electrons. The van der Waals surface area contributed by atoms with Gasteiger partial charge >= 0.3 is 0 Å². The predicted molar refractivity (Wildman–Crippen MR) is 94.9 cm³/mol. The molecule has 4 nitrogen and oxygen atoms in total. The first kappa shape index (κ1) is 13.5. The number of aromatic nitrogens is 1. The van der Waals surface area contributed by atoms with E-state index in [0.717, 1.165) is 18.2 Å². The molecule has 0 bridgehead atoms. The Morgan fingerprint density at radius 1 is 1.00 bits per heavy atom. The summed E-state index contributed by atoms with van der Waals surface area (Å²) in [5.74, 6) is 0. The molecule has 1 aromatic heterocycles. The number of ether oxygens (including phenoxy) is 1. The summed E-state index contributed by atoms with van der Waals surface area (Å²) < 4.78 is 5.41. The van der Waals surface area contributed by atoms with Crippen LogP contribution in [-0.4, -0.2) is 23.2 Å². The summed E-state index contributed by atoms with van der Waals surface area (Å²) >= 11 is 0. The lowest BCUT2D eigenvalue weighted by atomic mass is 9.97. The van der Waals surface area contributed by atoms with Crippen molar-refractivity contribution in [2.75, 3.05) is 6.61 Å². The van der Waals surface area contributed by atoms with Crippen molar-refractivity contribution in [1.29, 1.82) is 0 Å². The van der Waals surface area contributed by atoms with Crippen molar-refractivity contribution >= 4 is 16.8 Å². The van der Waals surface area contributed by atoms with Crippen LogP contribution < -0.4 is 5.73 Å². The zero-order chi connectivity index (χ0) is 16.1. The van der Waals surface area contributed by atoms with Gasteiger partial charge in [-0.2, -0.15) is 0 Å². The molecular weight excluding hydrogens is 298 g/mol. The summed E-state index contributed by atoms with van der Waals surface area (Å²) in [6.07, 6.45) is 5.64. The van der Waals surface area contributed by atoms with E-state index < -0.39 is 0 Å². The molecule has 5 rings (SSSR count). The maximum absolute atomic E-state index is 5.73. The van der Waals surface area contributed by atoms with Crippen LogP contribution in [0.4, 0.5) is 0 Å². The normalized spacial score (nSPS) is 21.8. The Morgan fingerprint density at radius 3 is 2.75 bits per heavy atom. The van der Waals surface area contributed by atoms with E-state index in [1.54, 1.807) is 0 Å². The lowest BCUT2D eigenvalue weighted by molar-refractivity contribution is 0.258. The van der Waals surface area contributed by atoms with Gasteiger partial charge in [-0.15, -0.1) is 0 Å². The number of aliphatic imine (C=N–C) groups is 1. The van der Waals surface area contributed by atoms with Gasteiger partial charge in [0.1, 0.15) is 12.1 Å². The fourth-order valence-corrected chi connectivity index (χ4v) is 3.94. The van der Waals surface area contributed by atoms with Gasteiger partial charge in [-0.25, -0.2) is 4.99 Å². The van der Waals surface area contributed by atoms with Crippen molar-refractivity contribution in [1.82, 2.24) is 4.98 Å². The largest absolute Gasteiger partial charge is 0.463 e. The lowest BCUT2D eigenvalue weighted by Gasteiger charge is -2.15. The van der Waals surface area contributed by atoms with E-state index in [0.29, 0.717) is 12.6 Å². The maximum Gasteiger partial charge on any atom is 0.282 e. The average molecular weight is 315 g/mol. The van der Waals surface area contributed by atoms with Crippen molar-refractivity contribution in [3.8, 4) is 11.1 Å². The molecule has 2 heterocycles. The lowest BCUT2D eigenvalue weighted by Crippen LogP contribution is -2.28. The standard InChI is InChI=1S/C20H17N3O/c21-19-23-20(12-24-19)8-14-6-5-13(7-16(14)9-20)18-11-22-10-15-3-1-2-4-17(15)18/h1-7,10-11H,8-9,12H2,(H2,21,23). The fraction of sp³-hybridized carbons (Fsp3) is 0.200. The molecular formula is C20H17N3O. The molecule has 2 aliphatic rings. The Hall–Kier alpha value is -2.88. The molecule has 3 aromatic rings. The summed E-state index contributed by atoms with van der Waals surface area (Å²) in [5.41, 5.74) is 10.6. The summed E-state index contributed by atoms with van der Waals surface area (Å²) in [7, 11) is 0. The number of hydrogen-bond donors (Lipinski definition) is 1. The van der Waals surface area contributed by atoms with Crippen molar-refractivity contribution in [2.45, 2.75) is 18.4 Å².